The molecule has 6 nitrogen and oxygen atoms in total. The molecule has 0 unspecified atom stereocenters. The van der Waals surface area contributed by atoms with Crippen molar-refractivity contribution in [1.29, 1.82) is 0 Å². The number of hydrogen-bond acceptors (Lipinski definition) is 5. The number of carbonyl (C=O) groups is 1. The van der Waals surface area contributed by atoms with Crippen molar-refractivity contribution in [1.82, 2.24) is 10.2 Å². The molecule has 0 radical (unpaired) electrons. The molecular formula is C13H20N4O2S. The molecule has 0 aliphatic carbocycles. The van der Waals surface area contributed by atoms with Crippen LogP contribution in [0.4, 0.5) is 0 Å². The first-order valence-electron chi connectivity index (χ1n) is 6.64. The Morgan fingerprint density at radius 1 is 1.55 bits per heavy atom. The zero-order valence-electron chi connectivity index (χ0n) is 11.5. The van der Waals surface area contributed by atoms with Gasteiger partial charge in [0.25, 0.3) is 5.91 Å². The van der Waals surface area contributed by atoms with Crippen LogP contribution in [0.3, 0.4) is 0 Å². The van der Waals surface area contributed by atoms with E-state index in [-0.39, 0.29) is 17.8 Å². The van der Waals surface area contributed by atoms with E-state index in [1.807, 2.05) is 19.1 Å². The standard InChI is InChI=1S/C13H20N4O2S/c1-9-2-3-11(20-9)13(18)15-10-4-6-17(7-5-10)8-12(14)16-19/h2-3,10,19H,4-8H2,1H3,(H2,14,16)(H,15,18). The first-order valence-corrected chi connectivity index (χ1v) is 7.46. The van der Waals surface area contributed by atoms with Crippen molar-refractivity contribution in [3.05, 3.63) is 21.9 Å². The predicted molar refractivity (Wildman–Crippen MR) is 79.4 cm³/mol. The molecule has 0 spiro atoms. The number of piperidine rings is 1. The maximum absolute atomic E-state index is 12.0. The lowest BCUT2D eigenvalue weighted by atomic mass is 10.0. The summed E-state index contributed by atoms with van der Waals surface area (Å²) in [6, 6.07) is 4.02. The Balaban J connectivity index is 1.78. The molecule has 1 saturated heterocycles. The fourth-order valence-electron chi connectivity index (χ4n) is 2.31. The lowest BCUT2D eigenvalue weighted by Crippen LogP contribution is -2.46. The van der Waals surface area contributed by atoms with E-state index in [0.29, 0.717) is 6.54 Å². The number of aryl methyl sites for hydroxylation is 1. The van der Waals surface area contributed by atoms with Crippen LogP contribution < -0.4 is 11.1 Å². The highest BCUT2D eigenvalue weighted by atomic mass is 32.1. The molecule has 2 rings (SSSR count). The molecule has 4 N–H and O–H groups in total. The van der Waals surface area contributed by atoms with Crippen molar-refractivity contribution in [2.75, 3.05) is 19.6 Å². The number of oxime groups is 1. The summed E-state index contributed by atoms with van der Waals surface area (Å²) in [4.78, 5) is 16.1. The first-order chi connectivity index (χ1) is 9.58. The summed E-state index contributed by atoms with van der Waals surface area (Å²) in [5.41, 5.74) is 5.49. The highest BCUT2D eigenvalue weighted by Crippen LogP contribution is 2.16. The van der Waals surface area contributed by atoms with Gasteiger partial charge in [0, 0.05) is 24.0 Å². The maximum Gasteiger partial charge on any atom is 0.261 e. The topological polar surface area (TPSA) is 91.0 Å². The second kappa shape index (κ2) is 6.71. The third-order valence-electron chi connectivity index (χ3n) is 3.40. The molecule has 7 heteroatoms. The summed E-state index contributed by atoms with van der Waals surface area (Å²) in [5.74, 6) is 0.236. The van der Waals surface area contributed by atoms with E-state index in [2.05, 4.69) is 15.4 Å². The Morgan fingerprint density at radius 3 is 2.80 bits per heavy atom. The van der Waals surface area contributed by atoms with Crippen LogP contribution in [0.15, 0.2) is 17.3 Å². The molecule has 1 aliphatic rings. The van der Waals surface area contributed by atoms with E-state index >= 15 is 0 Å². The van der Waals surface area contributed by atoms with Gasteiger partial charge >= 0.3 is 0 Å². The molecular weight excluding hydrogens is 276 g/mol. The second-order valence-corrected chi connectivity index (χ2v) is 6.31. The van der Waals surface area contributed by atoms with Crippen LogP contribution in [0.5, 0.6) is 0 Å². The number of amides is 1. The van der Waals surface area contributed by atoms with E-state index in [1.54, 1.807) is 0 Å². The number of thiophene rings is 1. The van der Waals surface area contributed by atoms with Crippen molar-refractivity contribution in [2.24, 2.45) is 10.9 Å². The molecule has 1 fully saturated rings. The summed E-state index contributed by atoms with van der Waals surface area (Å²) in [6.45, 7) is 4.14. The zero-order valence-corrected chi connectivity index (χ0v) is 12.3. The minimum atomic E-state index is 0.0120. The van der Waals surface area contributed by atoms with E-state index in [9.17, 15) is 4.79 Å². The largest absolute Gasteiger partial charge is 0.409 e. The lowest BCUT2D eigenvalue weighted by Gasteiger charge is -2.31. The number of hydrogen-bond donors (Lipinski definition) is 3. The number of nitrogens with one attached hydrogen (secondary N) is 1. The number of amidine groups is 1. The highest BCUT2D eigenvalue weighted by molar-refractivity contribution is 7.13. The molecule has 0 bridgehead atoms. The predicted octanol–water partition coefficient (Wildman–Crippen LogP) is 0.997. The minimum Gasteiger partial charge on any atom is -0.409 e. The number of nitrogens with zero attached hydrogens (tertiary/aromatic N) is 2. The highest BCUT2D eigenvalue weighted by Gasteiger charge is 2.22. The Hall–Kier alpha value is -1.60. The van der Waals surface area contributed by atoms with Crippen LogP contribution >= 0.6 is 11.3 Å². The van der Waals surface area contributed by atoms with Crippen LogP contribution in [-0.4, -0.2) is 47.5 Å². The Bertz CT molecular complexity index is 492. The number of carbonyl (C=O) groups excluding carboxylic acids is 1. The Kier molecular flexibility index (Phi) is 4.97. The summed E-state index contributed by atoms with van der Waals surface area (Å²) < 4.78 is 0. The van der Waals surface area contributed by atoms with Crippen molar-refractivity contribution in [2.45, 2.75) is 25.8 Å². The Labute approximate surface area is 122 Å². The SMILES string of the molecule is Cc1ccc(C(=O)NC2CCN(CC(N)=NO)CC2)s1. The minimum absolute atomic E-state index is 0.0120. The van der Waals surface area contributed by atoms with Gasteiger partial charge in [-0.25, -0.2) is 0 Å². The lowest BCUT2D eigenvalue weighted by molar-refractivity contribution is 0.0919. The third-order valence-corrected chi connectivity index (χ3v) is 4.40. The monoisotopic (exact) mass is 296 g/mol. The van der Waals surface area contributed by atoms with E-state index in [0.717, 1.165) is 35.7 Å². The van der Waals surface area contributed by atoms with E-state index in [4.69, 9.17) is 10.9 Å². The molecule has 0 saturated carbocycles. The van der Waals surface area contributed by atoms with Crippen LogP contribution in [0.25, 0.3) is 0 Å². The molecule has 1 aliphatic heterocycles. The van der Waals surface area contributed by atoms with E-state index in [1.165, 1.54) is 11.3 Å². The van der Waals surface area contributed by atoms with Crippen molar-refractivity contribution >= 4 is 23.1 Å². The molecule has 0 aromatic carbocycles. The van der Waals surface area contributed by atoms with Crippen molar-refractivity contribution in [3.63, 3.8) is 0 Å². The molecule has 1 aromatic rings. The number of likely N-dealkylation sites (tertiary alicyclic amines) is 1. The number of nitrogens with two attached hydrogens (primary N) is 1. The van der Waals surface area contributed by atoms with Gasteiger partial charge in [-0.2, -0.15) is 0 Å². The fraction of sp³-hybridized carbons (Fsp3) is 0.538. The average Bonchev–Trinajstić information content (AvgIpc) is 2.87. The smallest absolute Gasteiger partial charge is 0.261 e. The molecule has 2 heterocycles. The quantitative estimate of drug-likeness (QED) is 0.334. The average molecular weight is 296 g/mol. The van der Waals surface area contributed by atoms with Crippen molar-refractivity contribution < 1.29 is 10.0 Å². The molecule has 20 heavy (non-hydrogen) atoms. The van der Waals surface area contributed by atoms with Gasteiger partial charge in [-0.15, -0.1) is 11.3 Å². The zero-order chi connectivity index (χ0) is 14.5. The number of rotatable bonds is 4. The molecule has 1 amide bonds. The van der Waals surface area contributed by atoms with Gasteiger partial charge in [0.15, 0.2) is 5.84 Å². The summed E-state index contributed by atoms with van der Waals surface area (Å²) in [5, 5.41) is 14.6. The normalized spacial score (nSPS) is 18.1. The van der Waals surface area contributed by atoms with Gasteiger partial charge in [0.05, 0.1) is 11.4 Å². The van der Waals surface area contributed by atoms with Crippen LogP contribution in [0.2, 0.25) is 0 Å². The summed E-state index contributed by atoms with van der Waals surface area (Å²) >= 11 is 1.51. The van der Waals surface area contributed by atoms with Gasteiger partial charge in [0.2, 0.25) is 0 Å². The van der Waals surface area contributed by atoms with Gasteiger partial charge in [-0.3, -0.25) is 9.69 Å². The fourth-order valence-corrected chi connectivity index (χ4v) is 3.08. The van der Waals surface area contributed by atoms with Gasteiger partial charge in [-0.1, -0.05) is 5.16 Å². The first kappa shape index (κ1) is 14.8. The van der Waals surface area contributed by atoms with Crippen molar-refractivity contribution in [3.8, 4) is 0 Å². The molecule has 1 aromatic heterocycles. The van der Waals surface area contributed by atoms with Gasteiger partial charge in [0.1, 0.15) is 0 Å². The van der Waals surface area contributed by atoms with Crippen LogP contribution in [0.1, 0.15) is 27.4 Å². The van der Waals surface area contributed by atoms with E-state index < -0.39 is 0 Å². The van der Waals surface area contributed by atoms with Gasteiger partial charge in [-0.05, 0) is 31.9 Å². The third kappa shape index (κ3) is 3.94. The molecule has 110 valence electrons. The summed E-state index contributed by atoms with van der Waals surface area (Å²) in [7, 11) is 0. The maximum atomic E-state index is 12.0. The van der Waals surface area contributed by atoms with Gasteiger partial charge < -0.3 is 16.3 Å². The second-order valence-electron chi connectivity index (χ2n) is 5.03. The van der Waals surface area contributed by atoms with Crippen LogP contribution in [0, 0.1) is 6.92 Å². The molecule has 0 atom stereocenters. The summed E-state index contributed by atoms with van der Waals surface area (Å²) in [6.07, 6.45) is 1.77. The Morgan fingerprint density at radius 2 is 2.25 bits per heavy atom. The van der Waals surface area contributed by atoms with Crippen LogP contribution in [-0.2, 0) is 0 Å².